The molecule has 1 amide bonds. The van der Waals surface area contributed by atoms with Gasteiger partial charge in [-0.3, -0.25) is 4.79 Å². The lowest BCUT2D eigenvalue weighted by atomic mass is 10.00. The van der Waals surface area contributed by atoms with Gasteiger partial charge in [0.15, 0.2) is 0 Å². The van der Waals surface area contributed by atoms with Crippen molar-refractivity contribution in [3.63, 3.8) is 0 Å². The highest BCUT2D eigenvalue weighted by atomic mass is 35.5. The van der Waals surface area contributed by atoms with E-state index in [0.717, 1.165) is 16.8 Å². The van der Waals surface area contributed by atoms with Gasteiger partial charge in [0, 0.05) is 50.1 Å². The molecule has 0 aliphatic heterocycles. The van der Waals surface area contributed by atoms with Crippen LogP contribution in [0.4, 0.5) is 4.39 Å². The van der Waals surface area contributed by atoms with Crippen molar-refractivity contribution in [2.24, 2.45) is 11.7 Å². The minimum atomic E-state index is -0.376. The van der Waals surface area contributed by atoms with Crippen LogP contribution in [0.3, 0.4) is 0 Å². The van der Waals surface area contributed by atoms with Crippen LogP contribution in [-0.4, -0.2) is 60.4 Å². The lowest BCUT2D eigenvalue weighted by Crippen LogP contribution is -2.43. The molecule has 2 aromatic carbocycles. The molecule has 0 saturated carbocycles. The third kappa shape index (κ3) is 7.85. The average Bonchev–Trinajstić information content (AvgIpc) is 3.24. The van der Waals surface area contributed by atoms with Crippen molar-refractivity contribution >= 4 is 17.5 Å². The van der Waals surface area contributed by atoms with Gasteiger partial charge in [-0.25, -0.2) is 9.37 Å². The highest BCUT2D eigenvalue weighted by molar-refractivity contribution is 6.30. The number of rotatable bonds is 13. The standard InChI is InChI=1S/C28H36ClFN4O3/c1-19(2)27(34(26(35)18-37-4)12-11-24(31)17-36-3)28-32-25(21-8-6-9-22(29)14-21)16-33(28)15-20-7-5-10-23(30)13-20/h5-10,13-14,16,19,24,27H,11-12,15,17-18,31H2,1-4H3/t24-,27+/m0/s1. The average molecular weight is 531 g/mol. The Morgan fingerprint density at radius 1 is 1.16 bits per heavy atom. The second-order valence-corrected chi connectivity index (χ2v) is 9.90. The number of hydrogen-bond acceptors (Lipinski definition) is 5. The van der Waals surface area contributed by atoms with E-state index >= 15 is 0 Å². The molecule has 2 atom stereocenters. The van der Waals surface area contributed by atoms with E-state index in [0.29, 0.717) is 37.0 Å². The molecule has 1 heterocycles. The zero-order valence-electron chi connectivity index (χ0n) is 21.9. The highest BCUT2D eigenvalue weighted by Crippen LogP contribution is 2.32. The van der Waals surface area contributed by atoms with Crippen LogP contribution in [0.25, 0.3) is 11.3 Å². The number of methoxy groups -OCH3 is 2. The van der Waals surface area contributed by atoms with E-state index in [-0.39, 0.29) is 36.3 Å². The number of halogens is 2. The van der Waals surface area contributed by atoms with Crippen LogP contribution in [0, 0.1) is 11.7 Å². The maximum Gasteiger partial charge on any atom is 0.249 e. The van der Waals surface area contributed by atoms with Gasteiger partial charge in [0.05, 0.1) is 18.3 Å². The third-order valence-electron chi connectivity index (χ3n) is 6.11. The van der Waals surface area contributed by atoms with Crippen LogP contribution in [-0.2, 0) is 20.8 Å². The summed E-state index contributed by atoms with van der Waals surface area (Å²) in [5, 5.41) is 0.600. The molecule has 1 aromatic heterocycles. The molecule has 0 aliphatic carbocycles. The van der Waals surface area contributed by atoms with E-state index in [4.69, 9.17) is 31.8 Å². The quantitative estimate of drug-likeness (QED) is 0.339. The predicted octanol–water partition coefficient (Wildman–Crippen LogP) is 4.93. The summed E-state index contributed by atoms with van der Waals surface area (Å²) >= 11 is 6.26. The fraction of sp³-hybridized carbons (Fsp3) is 0.429. The predicted molar refractivity (Wildman–Crippen MR) is 144 cm³/mol. The van der Waals surface area contributed by atoms with Gasteiger partial charge >= 0.3 is 0 Å². The first-order valence-electron chi connectivity index (χ1n) is 12.3. The Morgan fingerprint density at radius 2 is 1.92 bits per heavy atom. The molecule has 0 radical (unpaired) electrons. The number of nitrogens with zero attached hydrogens (tertiary/aromatic N) is 3. The van der Waals surface area contributed by atoms with E-state index in [1.165, 1.54) is 19.2 Å². The molecule has 3 rings (SSSR count). The zero-order chi connectivity index (χ0) is 26.9. The number of benzene rings is 2. The molecule has 0 saturated heterocycles. The first kappa shape index (κ1) is 28.8. The molecule has 3 aromatic rings. The number of carbonyl (C=O) groups excluding carboxylic acids is 1. The minimum Gasteiger partial charge on any atom is -0.383 e. The number of ether oxygens (including phenoxy) is 2. The van der Waals surface area contributed by atoms with Gasteiger partial charge in [-0.2, -0.15) is 0 Å². The molecular weight excluding hydrogens is 495 g/mol. The summed E-state index contributed by atoms with van der Waals surface area (Å²) in [7, 11) is 3.10. The molecule has 200 valence electrons. The topological polar surface area (TPSA) is 82.6 Å². The normalized spacial score (nSPS) is 13.1. The summed E-state index contributed by atoms with van der Waals surface area (Å²) in [6, 6.07) is 13.3. The largest absolute Gasteiger partial charge is 0.383 e. The van der Waals surface area contributed by atoms with Crippen LogP contribution < -0.4 is 5.73 Å². The van der Waals surface area contributed by atoms with Gasteiger partial charge < -0.3 is 24.7 Å². The number of nitrogens with two attached hydrogens (primary N) is 1. The SMILES string of the molecule is COCC(=O)N(CC[C@H](N)COC)[C@@H](c1nc(-c2cccc(Cl)c2)cn1Cc1cccc(F)c1)C(C)C. The first-order valence-corrected chi connectivity index (χ1v) is 12.7. The Morgan fingerprint density at radius 3 is 2.57 bits per heavy atom. The Balaban J connectivity index is 2.09. The van der Waals surface area contributed by atoms with Crippen LogP contribution in [0.2, 0.25) is 5.02 Å². The molecule has 0 spiro atoms. The molecule has 37 heavy (non-hydrogen) atoms. The molecule has 0 aliphatic rings. The third-order valence-corrected chi connectivity index (χ3v) is 6.35. The summed E-state index contributed by atoms with van der Waals surface area (Å²) < 4.78 is 26.4. The number of imidazole rings is 1. The maximum atomic E-state index is 14.0. The Hall–Kier alpha value is -2.78. The van der Waals surface area contributed by atoms with E-state index < -0.39 is 0 Å². The second kappa shape index (κ2) is 13.7. The molecular formula is C28H36ClFN4O3. The van der Waals surface area contributed by atoms with Gasteiger partial charge in [0.2, 0.25) is 5.91 Å². The zero-order valence-corrected chi connectivity index (χ0v) is 22.6. The number of hydrogen-bond donors (Lipinski definition) is 1. The molecule has 0 bridgehead atoms. The van der Waals surface area contributed by atoms with E-state index in [1.54, 1.807) is 24.1 Å². The first-order chi connectivity index (χ1) is 17.7. The summed E-state index contributed by atoms with van der Waals surface area (Å²) in [5.41, 5.74) is 8.56. The Kier molecular flexibility index (Phi) is 10.6. The van der Waals surface area contributed by atoms with Gasteiger partial charge in [-0.1, -0.05) is 49.7 Å². The van der Waals surface area contributed by atoms with Crippen molar-refractivity contribution in [2.75, 3.05) is 34.0 Å². The van der Waals surface area contributed by atoms with E-state index in [1.807, 2.05) is 48.9 Å². The second-order valence-electron chi connectivity index (χ2n) is 9.47. The van der Waals surface area contributed by atoms with Crippen LogP contribution in [0.5, 0.6) is 0 Å². The van der Waals surface area contributed by atoms with Crippen molar-refractivity contribution in [3.05, 3.63) is 77.0 Å². The van der Waals surface area contributed by atoms with E-state index in [2.05, 4.69) is 0 Å². The van der Waals surface area contributed by atoms with Crippen molar-refractivity contribution in [3.8, 4) is 11.3 Å². The van der Waals surface area contributed by atoms with Crippen LogP contribution in [0.1, 0.15) is 37.7 Å². The fourth-order valence-corrected chi connectivity index (χ4v) is 4.63. The summed E-state index contributed by atoms with van der Waals surface area (Å²) in [6.07, 6.45) is 2.48. The lowest BCUT2D eigenvalue weighted by Gasteiger charge is -2.35. The minimum absolute atomic E-state index is 0.0142. The lowest BCUT2D eigenvalue weighted by molar-refractivity contribution is -0.139. The molecule has 0 unspecified atom stereocenters. The van der Waals surface area contributed by atoms with Crippen molar-refractivity contribution < 1.29 is 18.7 Å². The van der Waals surface area contributed by atoms with Gasteiger partial charge in [-0.15, -0.1) is 0 Å². The monoisotopic (exact) mass is 530 g/mol. The number of amides is 1. The van der Waals surface area contributed by atoms with E-state index in [9.17, 15) is 9.18 Å². The maximum absolute atomic E-state index is 14.0. The molecule has 0 fully saturated rings. The van der Waals surface area contributed by atoms with Gasteiger partial charge in [-0.05, 0) is 42.2 Å². The van der Waals surface area contributed by atoms with Crippen molar-refractivity contribution in [1.29, 1.82) is 0 Å². The van der Waals surface area contributed by atoms with Crippen LogP contribution in [0.15, 0.2) is 54.7 Å². The van der Waals surface area contributed by atoms with Gasteiger partial charge in [0.1, 0.15) is 18.2 Å². The fourth-order valence-electron chi connectivity index (χ4n) is 4.44. The molecule has 2 N–H and O–H groups in total. The summed E-state index contributed by atoms with van der Waals surface area (Å²) in [6.45, 7) is 5.23. The number of carbonyl (C=O) groups is 1. The Bertz CT molecular complexity index is 1170. The van der Waals surface area contributed by atoms with Crippen molar-refractivity contribution in [2.45, 2.75) is 38.9 Å². The Labute approximate surface area is 223 Å². The van der Waals surface area contributed by atoms with Crippen LogP contribution >= 0.6 is 11.6 Å². The molecule has 9 heteroatoms. The van der Waals surface area contributed by atoms with Gasteiger partial charge in [0.25, 0.3) is 0 Å². The smallest absolute Gasteiger partial charge is 0.249 e. The molecule has 7 nitrogen and oxygen atoms in total. The van der Waals surface area contributed by atoms with Crippen molar-refractivity contribution in [1.82, 2.24) is 14.5 Å². The highest BCUT2D eigenvalue weighted by Gasteiger charge is 2.32. The summed E-state index contributed by atoms with van der Waals surface area (Å²) in [5.74, 6) is 0.244. The summed E-state index contributed by atoms with van der Waals surface area (Å²) in [4.78, 5) is 20.1. The number of aromatic nitrogens is 2.